The number of esters is 1. The third-order valence-electron chi connectivity index (χ3n) is 3.44. The fourth-order valence-corrected chi connectivity index (χ4v) is 2.27. The highest BCUT2D eigenvalue weighted by Gasteiger charge is 2.27. The van der Waals surface area contributed by atoms with Crippen LogP contribution >= 0.6 is 0 Å². The lowest BCUT2D eigenvalue weighted by Gasteiger charge is -2.11. The molecule has 0 unspecified atom stereocenters. The first-order valence-corrected chi connectivity index (χ1v) is 7.22. The van der Waals surface area contributed by atoms with E-state index in [-0.39, 0.29) is 17.8 Å². The molecule has 114 valence electrons. The molecule has 1 aromatic carbocycles. The molecule has 1 heterocycles. The predicted octanol–water partition coefficient (Wildman–Crippen LogP) is 1.87. The maximum absolute atomic E-state index is 11.6. The standard InChI is InChI=1S/C16H21NO4/c1-17-11-13(10-15(17)18)12-21-16(19)8-5-9-20-14-6-3-2-4-7-14/h2-4,6-7,13H,5,8-12H2,1H3/t13-/m1/s1. The zero-order valence-electron chi connectivity index (χ0n) is 12.3. The first kappa shape index (κ1) is 15.4. The minimum absolute atomic E-state index is 0.118. The fraction of sp³-hybridized carbons (Fsp3) is 0.500. The summed E-state index contributed by atoms with van der Waals surface area (Å²) in [6.07, 6.45) is 1.43. The first-order chi connectivity index (χ1) is 10.1. The van der Waals surface area contributed by atoms with E-state index in [9.17, 15) is 9.59 Å². The lowest BCUT2D eigenvalue weighted by atomic mass is 10.1. The number of para-hydroxylation sites is 1. The monoisotopic (exact) mass is 291 g/mol. The topological polar surface area (TPSA) is 55.8 Å². The van der Waals surface area contributed by atoms with Gasteiger partial charge in [0.15, 0.2) is 0 Å². The van der Waals surface area contributed by atoms with Gasteiger partial charge in [0.2, 0.25) is 5.91 Å². The van der Waals surface area contributed by atoms with Crippen LogP contribution in [0.1, 0.15) is 19.3 Å². The quantitative estimate of drug-likeness (QED) is 0.568. The maximum Gasteiger partial charge on any atom is 0.305 e. The highest BCUT2D eigenvalue weighted by Crippen LogP contribution is 2.16. The lowest BCUT2D eigenvalue weighted by molar-refractivity contribution is -0.145. The molecular weight excluding hydrogens is 270 g/mol. The number of hydrogen-bond acceptors (Lipinski definition) is 4. The van der Waals surface area contributed by atoms with Crippen molar-refractivity contribution >= 4 is 11.9 Å². The van der Waals surface area contributed by atoms with Gasteiger partial charge in [-0.1, -0.05) is 18.2 Å². The van der Waals surface area contributed by atoms with Gasteiger partial charge < -0.3 is 14.4 Å². The van der Waals surface area contributed by atoms with Crippen molar-refractivity contribution in [3.63, 3.8) is 0 Å². The average Bonchev–Trinajstić information content (AvgIpc) is 2.81. The van der Waals surface area contributed by atoms with Crippen LogP contribution in [0.25, 0.3) is 0 Å². The number of likely N-dealkylation sites (tertiary alicyclic amines) is 1. The zero-order valence-corrected chi connectivity index (χ0v) is 12.3. The van der Waals surface area contributed by atoms with Gasteiger partial charge in [-0.25, -0.2) is 0 Å². The Morgan fingerprint density at radius 1 is 1.33 bits per heavy atom. The Labute approximate surface area is 124 Å². The number of amides is 1. The molecule has 0 saturated carbocycles. The normalized spacial score (nSPS) is 17.9. The van der Waals surface area contributed by atoms with Crippen LogP contribution in [0.15, 0.2) is 30.3 Å². The van der Waals surface area contributed by atoms with Crippen molar-refractivity contribution < 1.29 is 19.1 Å². The Morgan fingerprint density at radius 3 is 2.76 bits per heavy atom. The molecule has 0 radical (unpaired) electrons. The summed E-state index contributed by atoms with van der Waals surface area (Å²) in [5, 5.41) is 0. The number of rotatable bonds is 7. The van der Waals surface area contributed by atoms with E-state index in [4.69, 9.17) is 9.47 Å². The SMILES string of the molecule is CN1C[C@H](COC(=O)CCCOc2ccccc2)CC1=O. The van der Waals surface area contributed by atoms with Gasteiger partial charge >= 0.3 is 5.97 Å². The maximum atomic E-state index is 11.6. The van der Waals surface area contributed by atoms with Crippen LogP contribution in [0.5, 0.6) is 5.75 Å². The van der Waals surface area contributed by atoms with Crippen molar-refractivity contribution in [2.45, 2.75) is 19.3 Å². The fourth-order valence-electron chi connectivity index (χ4n) is 2.27. The van der Waals surface area contributed by atoms with E-state index < -0.39 is 0 Å². The second-order valence-corrected chi connectivity index (χ2v) is 5.29. The Morgan fingerprint density at radius 2 is 2.10 bits per heavy atom. The average molecular weight is 291 g/mol. The molecule has 1 aliphatic heterocycles. The molecule has 1 amide bonds. The molecule has 0 aliphatic carbocycles. The minimum atomic E-state index is -0.228. The molecule has 0 spiro atoms. The largest absolute Gasteiger partial charge is 0.494 e. The van der Waals surface area contributed by atoms with Crippen LogP contribution in [-0.2, 0) is 14.3 Å². The number of nitrogens with zero attached hydrogens (tertiary/aromatic N) is 1. The van der Waals surface area contributed by atoms with Crippen LogP contribution in [0, 0.1) is 5.92 Å². The second-order valence-electron chi connectivity index (χ2n) is 5.29. The molecule has 5 heteroatoms. The van der Waals surface area contributed by atoms with Gasteiger partial charge in [-0.05, 0) is 18.6 Å². The van der Waals surface area contributed by atoms with Crippen molar-refractivity contribution in [2.24, 2.45) is 5.92 Å². The van der Waals surface area contributed by atoms with Crippen molar-refractivity contribution in [1.29, 1.82) is 0 Å². The number of ether oxygens (including phenoxy) is 2. The number of benzene rings is 1. The van der Waals surface area contributed by atoms with E-state index in [2.05, 4.69) is 0 Å². The van der Waals surface area contributed by atoms with E-state index in [0.717, 1.165) is 5.75 Å². The van der Waals surface area contributed by atoms with Crippen molar-refractivity contribution in [3.05, 3.63) is 30.3 Å². The molecular formula is C16H21NO4. The van der Waals surface area contributed by atoms with Gasteiger partial charge in [0, 0.05) is 32.4 Å². The Hall–Kier alpha value is -2.04. The summed E-state index contributed by atoms with van der Waals surface area (Å²) < 4.78 is 10.7. The van der Waals surface area contributed by atoms with E-state index in [0.29, 0.717) is 39.0 Å². The van der Waals surface area contributed by atoms with Crippen LogP contribution < -0.4 is 4.74 Å². The molecule has 0 aromatic heterocycles. The van der Waals surface area contributed by atoms with Gasteiger partial charge in [-0.15, -0.1) is 0 Å². The molecule has 1 atom stereocenters. The second kappa shape index (κ2) is 7.67. The van der Waals surface area contributed by atoms with Crippen LogP contribution in [0.4, 0.5) is 0 Å². The van der Waals surface area contributed by atoms with Crippen LogP contribution in [0.3, 0.4) is 0 Å². The summed E-state index contributed by atoms with van der Waals surface area (Å²) in [5.41, 5.74) is 0. The molecule has 1 aliphatic rings. The highest BCUT2D eigenvalue weighted by molar-refractivity contribution is 5.78. The van der Waals surface area contributed by atoms with Gasteiger partial charge in [0.05, 0.1) is 13.2 Å². The summed E-state index contributed by atoms with van der Waals surface area (Å²) in [5.74, 6) is 0.825. The van der Waals surface area contributed by atoms with Gasteiger partial charge in [-0.2, -0.15) is 0 Å². The smallest absolute Gasteiger partial charge is 0.305 e. The van der Waals surface area contributed by atoms with E-state index in [1.807, 2.05) is 30.3 Å². The highest BCUT2D eigenvalue weighted by atomic mass is 16.5. The third-order valence-corrected chi connectivity index (χ3v) is 3.44. The Kier molecular flexibility index (Phi) is 5.60. The van der Waals surface area contributed by atoms with Crippen molar-refractivity contribution in [2.75, 3.05) is 26.8 Å². The van der Waals surface area contributed by atoms with E-state index >= 15 is 0 Å². The van der Waals surface area contributed by atoms with Crippen LogP contribution in [-0.4, -0.2) is 43.6 Å². The molecule has 21 heavy (non-hydrogen) atoms. The molecule has 1 saturated heterocycles. The molecule has 0 N–H and O–H groups in total. The number of carbonyl (C=O) groups is 2. The summed E-state index contributed by atoms with van der Waals surface area (Å²) in [7, 11) is 1.77. The first-order valence-electron chi connectivity index (χ1n) is 7.22. The zero-order chi connectivity index (χ0) is 15.1. The van der Waals surface area contributed by atoms with E-state index in [1.165, 1.54) is 0 Å². The predicted molar refractivity (Wildman–Crippen MR) is 77.9 cm³/mol. The van der Waals surface area contributed by atoms with Gasteiger partial charge in [0.25, 0.3) is 0 Å². The Balaban J connectivity index is 1.55. The number of hydrogen-bond donors (Lipinski definition) is 0. The van der Waals surface area contributed by atoms with E-state index in [1.54, 1.807) is 11.9 Å². The summed E-state index contributed by atoms with van der Waals surface area (Å²) >= 11 is 0. The van der Waals surface area contributed by atoms with Crippen LogP contribution in [0.2, 0.25) is 0 Å². The Bertz CT molecular complexity index is 474. The molecule has 1 aromatic rings. The van der Waals surface area contributed by atoms with Gasteiger partial charge in [0.1, 0.15) is 5.75 Å². The molecule has 5 nitrogen and oxygen atoms in total. The van der Waals surface area contributed by atoms with Crippen molar-refractivity contribution in [3.8, 4) is 5.75 Å². The molecule has 1 fully saturated rings. The minimum Gasteiger partial charge on any atom is -0.494 e. The lowest BCUT2D eigenvalue weighted by Crippen LogP contribution is -2.20. The molecule has 2 rings (SSSR count). The number of carbonyl (C=O) groups excluding carboxylic acids is 2. The summed E-state index contributed by atoms with van der Waals surface area (Å²) in [6.45, 7) is 1.49. The molecule has 0 bridgehead atoms. The van der Waals surface area contributed by atoms with Gasteiger partial charge in [-0.3, -0.25) is 9.59 Å². The summed E-state index contributed by atoms with van der Waals surface area (Å²) in [6, 6.07) is 9.50. The van der Waals surface area contributed by atoms with Crippen molar-refractivity contribution in [1.82, 2.24) is 4.90 Å². The summed E-state index contributed by atoms with van der Waals surface area (Å²) in [4.78, 5) is 24.6. The third kappa shape index (κ3) is 5.10.